The van der Waals surface area contributed by atoms with E-state index in [0.29, 0.717) is 29.6 Å². The highest BCUT2D eigenvalue weighted by atomic mass is 127. The Bertz CT molecular complexity index is 892. The Balaban J connectivity index is 0.00000289. The van der Waals surface area contributed by atoms with Crippen molar-refractivity contribution in [3.8, 4) is 17.2 Å². The number of furan rings is 1. The number of ether oxygens (including phenoxy) is 3. The second kappa shape index (κ2) is 11.5. The molecule has 32 heavy (non-hydrogen) atoms. The summed E-state index contributed by atoms with van der Waals surface area (Å²) in [5, 5.41) is 6.46. The van der Waals surface area contributed by atoms with Crippen LogP contribution >= 0.6 is 24.0 Å². The second-order valence-electron chi connectivity index (χ2n) is 7.27. The Morgan fingerprint density at radius 2 is 1.94 bits per heavy atom. The van der Waals surface area contributed by atoms with Crippen molar-refractivity contribution in [2.45, 2.75) is 32.0 Å². The first-order valence-corrected chi connectivity index (χ1v) is 10.2. The van der Waals surface area contributed by atoms with Crippen LogP contribution in [0.5, 0.6) is 17.2 Å². The number of aliphatic imine (C=N–C) groups is 1. The fourth-order valence-electron chi connectivity index (χ4n) is 3.85. The quantitative estimate of drug-likeness (QED) is 0.288. The molecule has 3 heterocycles. The van der Waals surface area contributed by atoms with Crippen LogP contribution in [0.25, 0.3) is 0 Å². The molecule has 11 heteroatoms. The van der Waals surface area contributed by atoms with Crippen molar-refractivity contribution in [3.05, 3.63) is 41.9 Å². The van der Waals surface area contributed by atoms with Gasteiger partial charge in [0, 0.05) is 31.8 Å². The van der Waals surface area contributed by atoms with E-state index in [0.717, 1.165) is 18.8 Å². The molecular weight excluding hydrogens is 537 g/mol. The lowest BCUT2D eigenvalue weighted by atomic mass is 10.1. The highest BCUT2D eigenvalue weighted by Gasteiger charge is 2.26. The maximum Gasteiger partial charge on any atom is 0.387 e. The number of hydrogen-bond acceptors (Lipinski definition) is 6. The maximum absolute atomic E-state index is 12.8. The van der Waals surface area contributed by atoms with Gasteiger partial charge in [-0.25, -0.2) is 0 Å². The van der Waals surface area contributed by atoms with E-state index in [4.69, 9.17) is 13.9 Å². The molecule has 0 bridgehead atoms. The minimum atomic E-state index is -2.94. The van der Waals surface area contributed by atoms with Gasteiger partial charge < -0.3 is 29.3 Å². The van der Waals surface area contributed by atoms with Gasteiger partial charge in [0.1, 0.15) is 11.5 Å². The summed E-state index contributed by atoms with van der Waals surface area (Å²) >= 11 is 0. The highest BCUT2D eigenvalue weighted by Crippen LogP contribution is 2.38. The number of halogens is 3. The Kier molecular flexibility index (Phi) is 8.79. The van der Waals surface area contributed by atoms with Gasteiger partial charge in [0.2, 0.25) is 6.79 Å². The molecule has 0 saturated carbocycles. The third-order valence-electron chi connectivity index (χ3n) is 5.36. The minimum absolute atomic E-state index is 0. The van der Waals surface area contributed by atoms with Crippen molar-refractivity contribution in [1.29, 1.82) is 0 Å². The molecule has 0 spiro atoms. The second-order valence-corrected chi connectivity index (χ2v) is 7.27. The molecular formula is C21H27F2IN4O4. The standard InChI is InChI=1S/C21H26F2N4O4.HI/c1-24-21(26-12-15(16-5-4-8-28-16)27-6-2-3-7-27)25-11-14-9-18-19(30-13-29-18)10-17(14)31-20(22)23;/h4-5,8-10,15,20H,2-3,6-7,11-13H2,1H3,(H2,24,25,26);1H. The summed E-state index contributed by atoms with van der Waals surface area (Å²) in [6.07, 6.45) is 4.01. The summed E-state index contributed by atoms with van der Waals surface area (Å²) in [7, 11) is 1.66. The smallest absolute Gasteiger partial charge is 0.387 e. The monoisotopic (exact) mass is 564 g/mol. The SMILES string of the molecule is CN=C(NCc1cc2c(cc1OC(F)F)OCO2)NCC(c1ccco1)N1CCCC1.I. The summed E-state index contributed by atoms with van der Waals surface area (Å²) in [5.41, 5.74) is 0.509. The molecule has 2 aliphatic heterocycles. The van der Waals surface area contributed by atoms with E-state index in [1.807, 2.05) is 12.1 Å². The first kappa shape index (κ1) is 24.4. The molecule has 176 valence electrons. The number of fused-ring (bicyclic) bond motifs is 1. The molecule has 0 aliphatic carbocycles. The van der Waals surface area contributed by atoms with Gasteiger partial charge in [0.15, 0.2) is 17.5 Å². The largest absolute Gasteiger partial charge is 0.468 e. The number of likely N-dealkylation sites (tertiary alicyclic amines) is 1. The summed E-state index contributed by atoms with van der Waals surface area (Å²) < 4.78 is 46.6. The van der Waals surface area contributed by atoms with Crippen LogP contribution in [-0.2, 0) is 6.54 Å². The predicted molar refractivity (Wildman–Crippen MR) is 125 cm³/mol. The molecule has 0 amide bonds. The van der Waals surface area contributed by atoms with E-state index in [9.17, 15) is 8.78 Å². The van der Waals surface area contributed by atoms with E-state index >= 15 is 0 Å². The van der Waals surface area contributed by atoms with Gasteiger partial charge >= 0.3 is 6.61 Å². The van der Waals surface area contributed by atoms with E-state index in [2.05, 4.69) is 25.3 Å². The minimum Gasteiger partial charge on any atom is -0.468 e. The number of nitrogens with zero attached hydrogens (tertiary/aromatic N) is 2. The van der Waals surface area contributed by atoms with Crippen molar-refractivity contribution in [2.75, 3.05) is 33.5 Å². The highest BCUT2D eigenvalue weighted by molar-refractivity contribution is 14.0. The molecule has 8 nitrogen and oxygen atoms in total. The molecule has 2 N–H and O–H groups in total. The Labute approximate surface area is 202 Å². The average molecular weight is 564 g/mol. The number of nitrogens with one attached hydrogen (secondary N) is 2. The van der Waals surface area contributed by atoms with Gasteiger partial charge in [-0.05, 0) is 44.1 Å². The van der Waals surface area contributed by atoms with Crippen molar-refractivity contribution in [1.82, 2.24) is 15.5 Å². The van der Waals surface area contributed by atoms with Crippen LogP contribution in [0.15, 0.2) is 39.9 Å². The van der Waals surface area contributed by atoms with E-state index in [1.54, 1.807) is 19.4 Å². The summed E-state index contributed by atoms with van der Waals surface area (Å²) in [6.45, 7) is -0.0443. The third kappa shape index (κ3) is 5.94. The molecule has 1 aromatic carbocycles. The number of benzene rings is 1. The first-order valence-electron chi connectivity index (χ1n) is 10.2. The third-order valence-corrected chi connectivity index (χ3v) is 5.36. The summed E-state index contributed by atoms with van der Waals surface area (Å²) in [4.78, 5) is 6.63. The zero-order valence-electron chi connectivity index (χ0n) is 17.7. The van der Waals surface area contributed by atoms with Crippen LogP contribution < -0.4 is 24.8 Å². The number of alkyl halides is 2. The van der Waals surface area contributed by atoms with Gasteiger partial charge in [-0.2, -0.15) is 8.78 Å². The van der Waals surface area contributed by atoms with Crippen LogP contribution in [0.4, 0.5) is 8.78 Å². The molecule has 1 fully saturated rings. The van der Waals surface area contributed by atoms with Gasteiger partial charge in [-0.15, -0.1) is 24.0 Å². The van der Waals surface area contributed by atoms with Crippen molar-refractivity contribution >= 4 is 29.9 Å². The molecule has 1 unspecified atom stereocenters. The first-order chi connectivity index (χ1) is 15.1. The average Bonchev–Trinajstić information content (AvgIpc) is 3.53. The van der Waals surface area contributed by atoms with Gasteiger partial charge in [0.25, 0.3) is 0 Å². The van der Waals surface area contributed by atoms with Gasteiger partial charge in [0.05, 0.1) is 12.3 Å². The molecule has 4 rings (SSSR count). The van der Waals surface area contributed by atoms with Crippen LogP contribution in [0.3, 0.4) is 0 Å². The molecule has 0 radical (unpaired) electrons. The zero-order chi connectivity index (χ0) is 21.6. The fourth-order valence-corrected chi connectivity index (χ4v) is 3.85. The van der Waals surface area contributed by atoms with Crippen LogP contribution in [-0.4, -0.2) is 50.9 Å². The van der Waals surface area contributed by atoms with E-state index in [-0.39, 0.29) is 49.1 Å². The Hall–Kier alpha value is -2.28. The van der Waals surface area contributed by atoms with Crippen LogP contribution in [0.1, 0.15) is 30.2 Å². The maximum atomic E-state index is 12.8. The fraction of sp³-hybridized carbons (Fsp3) is 0.476. The molecule has 1 atom stereocenters. The number of rotatable bonds is 8. The van der Waals surface area contributed by atoms with E-state index in [1.165, 1.54) is 18.9 Å². The summed E-state index contributed by atoms with van der Waals surface area (Å²) in [5.74, 6) is 2.35. The van der Waals surface area contributed by atoms with Crippen LogP contribution in [0, 0.1) is 0 Å². The predicted octanol–water partition coefficient (Wildman–Crippen LogP) is 3.73. The Morgan fingerprint density at radius 3 is 2.59 bits per heavy atom. The zero-order valence-corrected chi connectivity index (χ0v) is 20.0. The topological polar surface area (TPSA) is 80.5 Å². The van der Waals surface area contributed by atoms with E-state index < -0.39 is 6.61 Å². The summed E-state index contributed by atoms with van der Waals surface area (Å²) in [6, 6.07) is 6.99. The lowest BCUT2D eigenvalue weighted by molar-refractivity contribution is -0.0505. The Morgan fingerprint density at radius 1 is 1.19 bits per heavy atom. The number of hydrogen-bond donors (Lipinski definition) is 2. The molecule has 2 aromatic rings. The van der Waals surface area contributed by atoms with Crippen LogP contribution in [0.2, 0.25) is 0 Å². The number of guanidine groups is 1. The van der Waals surface area contributed by atoms with Crippen molar-refractivity contribution in [3.63, 3.8) is 0 Å². The molecule has 2 aliphatic rings. The van der Waals surface area contributed by atoms with Crippen molar-refractivity contribution < 1.29 is 27.4 Å². The molecule has 1 aromatic heterocycles. The lowest BCUT2D eigenvalue weighted by Gasteiger charge is -2.26. The van der Waals surface area contributed by atoms with Crippen molar-refractivity contribution in [2.24, 2.45) is 4.99 Å². The lowest BCUT2D eigenvalue weighted by Crippen LogP contribution is -2.42. The normalized spacial score (nSPS) is 16.7. The molecule has 1 saturated heterocycles. The van der Waals surface area contributed by atoms with Gasteiger partial charge in [-0.3, -0.25) is 9.89 Å². The van der Waals surface area contributed by atoms with Gasteiger partial charge in [-0.1, -0.05) is 0 Å².